The number of hydrogen-bond acceptors (Lipinski definition) is 4. The van der Waals surface area contributed by atoms with Gasteiger partial charge in [-0.3, -0.25) is 4.99 Å². The van der Waals surface area contributed by atoms with Crippen molar-refractivity contribution < 1.29 is 9.47 Å². The van der Waals surface area contributed by atoms with Crippen LogP contribution in [0.15, 0.2) is 23.2 Å². The maximum Gasteiger partial charge on any atom is 0.191 e. The first kappa shape index (κ1) is 21.3. The van der Waals surface area contributed by atoms with Crippen molar-refractivity contribution in [1.29, 1.82) is 0 Å². The largest absolute Gasteiger partial charge is 0.497 e. The zero-order valence-corrected chi connectivity index (χ0v) is 18.8. The first-order valence-corrected chi connectivity index (χ1v) is 11.7. The fraction of sp³-hybridized carbons (Fsp3) is 0.708. The SMILES string of the molecule is CN=C(NCc1ccc(OC)cc1OC1CCCC1)NC1CC2CCCC(C1)N2C. The molecule has 2 bridgehead atoms. The van der Waals surface area contributed by atoms with Crippen LogP contribution in [0.5, 0.6) is 11.5 Å². The van der Waals surface area contributed by atoms with Gasteiger partial charge >= 0.3 is 0 Å². The molecule has 6 nitrogen and oxygen atoms in total. The standard InChI is InChI=1S/C24H38N4O2/c1-25-24(27-18-13-19-7-6-8-20(14-18)28(19)2)26-16-17-11-12-22(29-3)15-23(17)30-21-9-4-5-10-21/h11-12,15,18-21H,4-10,13-14,16H2,1-3H3,(H2,25,26,27). The van der Waals surface area contributed by atoms with Gasteiger partial charge < -0.3 is 25.0 Å². The van der Waals surface area contributed by atoms with Crippen LogP contribution in [0.1, 0.15) is 63.4 Å². The monoisotopic (exact) mass is 414 g/mol. The second kappa shape index (κ2) is 9.90. The number of aliphatic imine (C=N–C) groups is 1. The van der Waals surface area contributed by atoms with Gasteiger partial charge in [-0.15, -0.1) is 0 Å². The Morgan fingerprint density at radius 2 is 1.83 bits per heavy atom. The van der Waals surface area contributed by atoms with Gasteiger partial charge in [-0.2, -0.15) is 0 Å². The molecule has 1 aromatic carbocycles. The fourth-order valence-electron chi connectivity index (χ4n) is 5.40. The van der Waals surface area contributed by atoms with Gasteiger partial charge in [0.15, 0.2) is 5.96 Å². The van der Waals surface area contributed by atoms with E-state index in [4.69, 9.17) is 9.47 Å². The number of nitrogens with one attached hydrogen (secondary N) is 2. The molecule has 1 aromatic rings. The summed E-state index contributed by atoms with van der Waals surface area (Å²) in [5.41, 5.74) is 1.14. The molecule has 166 valence electrons. The van der Waals surface area contributed by atoms with Gasteiger partial charge in [0.2, 0.25) is 0 Å². The number of nitrogens with zero attached hydrogens (tertiary/aromatic N) is 2. The van der Waals surface area contributed by atoms with Crippen LogP contribution in [0.2, 0.25) is 0 Å². The molecule has 2 atom stereocenters. The fourth-order valence-corrected chi connectivity index (χ4v) is 5.40. The Balaban J connectivity index is 1.36. The summed E-state index contributed by atoms with van der Waals surface area (Å²) in [7, 11) is 5.86. The second-order valence-electron chi connectivity index (χ2n) is 9.14. The lowest BCUT2D eigenvalue weighted by Gasteiger charge is -2.47. The van der Waals surface area contributed by atoms with E-state index < -0.39 is 0 Å². The summed E-state index contributed by atoms with van der Waals surface area (Å²) in [4.78, 5) is 7.09. The van der Waals surface area contributed by atoms with Crippen molar-refractivity contribution in [2.24, 2.45) is 4.99 Å². The van der Waals surface area contributed by atoms with E-state index in [9.17, 15) is 0 Å². The summed E-state index contributed by atoms with van der Waals surface area (Å²) in [6, 6.07) is 8.04. The molecular weight excluding hydrogens is 376 g/mol. The molecule has 2 unspecified atom stereocenters. The minimum absolute atomic E-state index is 0.326. The Labute approximate surface area is 181 Å². The maximum atomic E-state index is 6.34. The first-order chi connectivity index (χ1) is 14.7. The zero-order chi connectivity index (χ0) is 20.9. The van der Waals surface area contributed by atoms with Crippen molar-refractivity contribution >= 4 is 5.96 Å². The molecule has 2 aliphatic heterocycles. The van der Waals surface area contributed by atoms with Crippen LogP contribution in [-0.4, -0.2) is 56.3 Å². The Bertz CT molecular complexity index is 718. The smallest absolute Gasteiger partial charge is 0.191 e. The summed E-state index contributed by atoms with van der Waals surface area (Å²) < 4.78 is 11.8. The molecular formula is C24H38N4O2. The van der Waals surface area contributed by atoms with Gasteiger partial charge in [-0.25, -0.2) is 0 Å². The molecule has 2 heterocycles. The number of benzene rings is 1. The average Bonchev–Trinajstić information content (AvgIpc) is 3.25. The lowest BCUT2D eigenvalue weighted by Crippen LogP contribution is -2.56. The molecule has 3 aliphatic rings. The van der Waals surface area contributed by atoms with E-state index in [0.29, 0.717) is 30.8 Å². The minimum Gasteiger partial charge on any atom is -0.497 e. The van der Waals surface area contributed by atoms with Crippen molar-refractivity contribution in [3.8, 4) is 11.5 Å². The van der Waals surface area contributed by atoms with E-state index in [-0.39, 0.29) is 0 Å². The third kappa shape index (κ3) is 5.02. The molecule has 0 radical (unpaired) electrons. The lowest BCUT2D eigenvalue weighted by atomic mass is 9.82. The van der Waals surface area contributed by atoms with E-state index in [1.807, 2.05) is 19.2 Å². The van der Waals surface area contributed by atoms with Crippen LogP contribution >= 0.6 is 0 Å². The van der Waals surface area contributed by atoms with Crippen molar-refractivity contribution in [2.75, 3.05) is 21.2 Å². The number of fused-ring (bicyclic) bond motifs is 2. The number of piperidine rings is 2. The van der Waals surface area contributed by atoms with E-state index in [1.54, 1.807) is 7.11 Å². The Kier molecular flexibility index (Phi) is 7.03. The highest BCUT2D eigenvalue weighted by atomic mass is 16.5. The summed E-state index contributed by atoms with van der Waals surface area (Å²) in [6.07, 6.45) is 11.6. The normalized spacial score (nSPS) is 27.7. The molecule has 0 amide bonds. The number of hydrogen-bond donors (Lipinski definition) is 2. The number of guanidine groups is 1. The van der Waals surface area contributed by atoms with Gasteiger partial charge in [0.05, 0.1) is 13.2 Å². The molecule has 4 rings (SSSR count). The van der Waals surface area contributed by atoms with Gasteiger partial charge in [-0.1, -0.05) is 6.42 Å². The van der Waals surface area contributed by atoms with Crippen molar-refractivity contribution in [3.63, 3.8) is 0 Å². The third-order valence-corrected chi connectivity index (χ3v) is 7.22. The molecule has 6 heteroatoms. The number of rotatable bonds is 6. The summed E-state index contributed by atoms with van der Waals surface area (Å²) in [5.74, 6) is 2.65. The van der Waals surface area contributed by atoms with Crippen molar-refractivity contribution in [3.05, 3.63) is 23.8 Å². The molecule has 0 spiro atoms. The second-order valence-corrected chi connectivity index (χ2v) is 9.14. The maximum absolute atomic E-state index is 6.34. The van der Waals surface area contributed by atoms with Crippen LogP contribution in [0.3, 0.4) is 0 Å². The van der Waals surface area contributed by atoms with Crippen LogP contribution < -0.4 is 20.1 Å². The topological polar surface area (TPSA) is 58.1 Å². The predicted molar refractivity (Wildman–Crippen MR) is 121 cm³/mol. The first-order valence-electron chi connectivity index (χ1n) is 11.7. The van der Waals surface area contributed by atoms with Crippen LogP contribution in [0, 0.1) is 0 Å². The number of ether oxygens (including phenoxy) is 2. The zero-order valence-electron chi connectivity index (χ0n) is 18.8. The lowest BCUT2D eigenvalue weighted by molar-refractivity contribution is 0.0526. The van der Waals surface area contributed by atoms with Gasteiger partial charge in [-0.05, 0) is 70.5 Å². The van der Waals surface area contributed by atoms with E-state index in [0.717, 1.165) is 35.9 Å². The molecule has 0 aromatic heterocycles. The average molecular weight is 415 g/mol. The molecule has 3 fully saturated rings. The highest BCUT2D eigenvalue weighted by Gasteiger charge is 2.36. The van der Waals surface area contributed by atoms with Gasteiger partial charge in [0.1, 0.15) is 11.5 Å². The summed E-state index contributed by atoms with van der Waals surface area (Å²) in [5, 5.41) is 7.20. The number of methoxy groups -OCH3 is 1. The minimum atomic E-state index is 0.326. The van der Waals surface area contributed by atoms with Gasteiger partial charge in [0.25, 0.3) is 0 Å². The van der Waals surface area contributed by atoms with Crippen LogP contribution in [0.25, 0.3) is 0 Å². The van der Waals surface area contributed by atoms with E-state index >= 15 is 0 Å². The molecule has 1 aliphatic carbocycles. The van der Waals surface area contributed by atoms with Crippen molar-refractivity contribution in [2.45, 2.75) is 88.6 Å². The highest BCUT2D eigenvalue weighted by molar-refractivity contribution is 5.80. The van der Waals surface area contributed by atoms with Crippen LogP contribution in [0.4, 0.5) is 0 Å². The predicted octanol–water partition coefficient (Wildman–Crippen LogP) is 3.70. The van der Waals surface area contributed by atoms with E-state index in [1.165, 1.54) is 44.9 Å². The Hall–Kier alpha value is -1.95. The van der Waals surface area contributed by atoms with E-state index in [2.05, 4.69) is 33.6 Å². The Morgan fingerprint density at radius 3 is 2.50 bits per heavy atom. The quantitative estimate of drug-likeness (QED) is 0.549. The molecule has 2 saturated heterocycles. The van der Waals surface area contributed by atoms with Gasteiger partial charge in [0, 0.05) is 43.3 Å². The van der Waals surface area contributed by atoms with Crippen molar-refractivity contribution in [1.82, 2.24) is 15.5 Å². The third-order valence-electron chi connectivity index (χ3n) is 7.22. The molecule has 30 heavy (non-hydrogen) atoms. The summed E-state index contributed by atoms with van der Waals surface area (Å²) >= 11 is 0. The highest BCUT2D eigenvalue weighted by Crippen LogP contribution is 2.33. The molecule has 2 N–H and O–H groups in total. The van der Waals surface area contributed by atoms with Crippen LogP contribution in [-0.2, 0) is 6.54 Å². The summed E-state index contributed by atoms with van der Waals surface area (Å²) in [6.45, 7) is 0.686. The molecule has 1 saturated carbocycles. The Morgan fingerprint density at radius 1 is 1.10 bits per heavy atom.